The van der Waals surface area contributed by atoms with Crippen LogP contribution >= 0.6 is 11.3 Å². The molecule has 1 saturated heterocycles. The molecule has 0 bridgehead atoms. The third-order valence-electron chi connectivity index (χ3n) is 4.81. The SMILES string of the molecule is CCOC(=O)c1c(NC(=O)NCCN2CCOCC2)sc2c1CC(C)(C)OC2. The zero-order valence-electron chi connectivity index (χ0n) is 16.8. The first-order valence-electron chi connectivity index (χ1n) is 9.70. The summed E-state index contributed by atoms with van der Waals surface area (Å²) in [6.45, 7) is 11.0. The van der Waals surface area contributed by atoms with Crippen molar-refractivity contribution in [3.8, 4) is 0 Å². The number of morpholine rings is 1. The molecule has 1 aromatic heterocycles. The predicted molar refractivity (Wildman–Crippen MR) is 107 cm³/mol. The van der Waals surface area contributed by atoms with Crippen molar-refractivity contribution >= 4 is 28.3 Å². The lowest BCUT2D eigenvalue weighted by Crippen LogP contribution is -2.42. The zero-order valence-corrected chi connectivity index (χ0v) is 17.6. The zero-order chi connectivity index (χ0) is 20.1. The molecule has 0 aliphatic carbocycles. The average molecular weight is 412 g/mol. The van der Waals surface area contributed by atoms with Gasteiger partial charge < -0.3 is 19.5 Å². The number of nitrogens with zero attached hydrogens (tertiary/aromatic N) is 1. The Hall–Kier alpha value is -1.68. The first kappa shape index (κ1) is 21.0. The Bertz CT molecular complexity index is 713. The number of thiophene rings is 1. The molecule has 28 heavy (non-hydrogen) atoms. The van der Waals surface area contributed by atoms with Gasteiger partial charge in [0.2, 0.25) is 0 Å². The van der Waals surface area contributed by atoms with Crippen LogP contribution in [0.5, 0.6) is 0 Å². The molecular formula is C19H29N3O5S. The van der Waals surface area contributed by atoms with Gasteiger partial charge in [0, 0.05) is 37.5 Å². The second kappa shape index (κ2) is 9.21. The number of hydrogen-bond acceptors (Lipinski definition) is 7. The number of nitrogens with one attached hydrogen (secondary N) is 2. The number of urea groups is 1. The van der Waals surface area contributed by atoms with Crippen LogP contribution in [0.2, 0.25) is 0 Å². The van der Waals surface area contributed by atoms with Crippen LogP contribution in [-0.2, 0) is 27.2 Å². The van der Waals surface area contributed by atoms with Gasteiger partial charge in [-0.2, -0.15) is 0 Å². The van der Waals surface area contributed by atoms with Gasteiger partial charge >= 0.3 is 12.0 Å². The third kappa shape index (κ3) is 5.22. The minimum atomic E-state index is -0.402. The van der Waals surface area contributed by atoms with E-state index in [1.165, 1.54) is 11.3 Å². The highest BCUT2D eigenvalue weighted by Crippen LogP contribution is 2.40. The second-order valence-electron chi connectivity index (χ2n) is 7.49. The largest absolute Gasteiger partial charge is 0.462 e. The Morgan fingerprint density at radius 1 is 1.29 bits per heavy atom. The number of rotatable bonds is 6. The van der Waals surface area contributed by atoms with Crippen LogP contribution in [0.3, 0.4) is 0 Å². The highest BCUT2D eigenvalue weighted by Gasteiger charge is 2.34. The number of ether oxygens (including phenoxy) is 3. The van der Waals surface area contributed by atoms with Crippen LogP contribution < -0.4 is 10.6 Å². The standard InChI is InChI=1S/C19H29N3O5S/c1-4-26-17(23)15-13-11-19(2,3)27-12-14(13)28-16(15)21-18(24)20-5-6-22-7-9-25-10-8-22/h4-12H2,1-3H3,(H2,20,21,24). The van der Waals surface area contributed by atoms with E-state index in [2.05, 4.69) is 15.5 Å². The van der Waals surface area contributed by atoms with Gasteiger partial charge in [-0.05, 0) is 26.3 Å². The lowest BCUT2D eigenvalue weighted by molar-refractivity contribution is -0.0384. The van der Waals surface area contributed by atoms with Crippen molar-refractivity contribution in [2.75, 3.05) is 51.3 Å². The molecule has 0 saturated carbocycles. The molecule has 3 heterocycles. The molecule has 2 aliphatic heterocycles. The molecule has 0 unspecified atom stereocenters. The van der Waals surface area contributed by atoms with Crippen molar-refractivity contribution in [1.82, 2.24) is 10.2 Å². The Kier molecular flexibility index (Phi) is 6.92. The van der Waals surface area contributed by atoms with Crippen molar-refractivity contribution in [1.29, 1.82) is 0 Å². The maximum Gasteiger partial charge on any atom is 0.341 e. The molecule has 0 radical (unpaired) electrons. The van der Waals surface area contributed by atoms with Gasteiger partial charge in [-0.15, -0.1) is 11.3 Å². The summed E-state index contributed by atoms with van der Waals surface area (Å²) in [5.41, 5.74) is 1.03. The highest BCUT2D eigenvalue weighted by molar-refractivity contribution is 7.17. The van der Waals surface area contributed by atoms with Gasteiger partial charge in [0.25, 0.3) is 0 Å². The van der Waals surface area contributed by atoms with Crippen LogP contribution in [0.1, 0.15) is 41.6 Å². The molecule has 2 aliphatic rings. The van der Waals surface area contributed by atoms with Crippen LogP contribution in [0, 0.1) is 0 Å². The van der Waals surface area contributed by atoms with E-state index >= 15 is 0 Å². The van der Waals surface area contributed by atoms with Gasteiger partial charge in [0.15, 0.2) is 0 Å². The van der Waals surface area contributed by atoms with E-state index in [0.717, 1.165) is 43.3 Å². The third-order valence-corrected chi connectivity index (χ3v) is 5.93. The lowest BCUT2D eigenvalue weighted by atomic mass is 9.93. The Labute approximate surface area is 169 Å². The van der Waals surface area contributed by atoms with E-state index in [4.69, 9.17) is 14.2 Å². The number of esters is 1. The molecule has 1 aromatic rings. The first-order valence-corrected chi connectivity index (χ1v) is 10.5. The van der Waals surface area contributed by atoms with Crippen molar-refractivity contribution in [3.63, 3.8) is 0 Å². The summed E-state index contributed by atoms with van der Waals surface area (Å²) < 4.78 is 16.4. The molecule has 0 spiro atoms. The lowest BCUT2D eigenvalue weighted by Gasteiger charge is -2.30. The van der Waals surface area contributed by atoms with E-state index in [-0.39, 0.29) is 18.2 Å². The maximum atomic E-state index is 12.6. The van der Waals surface area contributed by atoms with E-state index in [1.54, 1.807) is 6.92 Å². The smallest absolute Gasteiger partial charge is 0.341 e. The van der Waals surface area contributed by atoms with Crippen LogP contribution in [0.15, 0.2) is 0 Å². The second-order valence-corrected chi connectivity index (χ2v) is 8.59. The van der Waals surface area contributed by atoms with Gasteiger partial charge in [-0.25, -0.2) is 9.59 Å². The fourth-order valence-electron chi connectivity index (χ4n) is 3.36. The predicted octanol–water partition coefficient (Wildman–Crippen LogP) is 2.23. The Balaban J connectivity index is 1.66. The Morgan fingerprint density at radius 3 is 2.75 bits per heavy atom. The Morgan fingerprint density at radius 2 is 2.04 bits per heavy atom. The van der Waals surface area contributed by atoms with E-state index in [1.807, 2.05) is 13.8 Å². The van der Waals surface area contributed by atoms with E-state index < -0.39 is 5.97 Å². The number of amides is 2. The summed E-state index contributed by atoms with van der Waals surface area (Å²) in [6.07, 6.45) is 0.604. The molecule has 3 rings (SSSR count). The monoisotopic (exact) mass is 411 g/mol. The summed E-state index contributed by atoms with van der Waals surface area (Å²) in [6, 6.07) is -0.322. The van der Waals surface area contributed by atoms with Gasteiger partial charge in [0.1, 0.15) is 5.00 Å². The molecule has 156 valence electrons. The van der Waals surface area contributed by atoms with Crippen molar-refractivity contribution < 1.29 is 23.8 Å². The summed E-state index contributed by atoms with van der Waals surface area (Å²) in [5, 5.41) is 6.23. The molecule has 9 heteroatoms. The van der Waals surface area contributed by atoms with Gasteiger partial charge in [-0.3, -0.25) is 10.2 Å². The molecule has 0 aromatic carbocycles. The van der Waals surface area contributed by atoms with Gasteiger partial charge in [0.05, 0.1) is 37.6 Å². The average Bonchev–Trinajstić information content (AvgIpc) is 2.98. The number of carbonyl (C=O) groups is 2. The van der Waals surface area contributed by atoms with Crippen LogP contribution in [0.25, 0.3) is 0 Å². The summed E-state index contributed by atoms with van der Waals surface area (Å²) in [7, 11) is 0. The van der Waals surface area contributed by atoms with Crippen molar-refractivity contribution in [3.05, 3.63) is 16.0 Å². The van der Waals surface area contributed by atoms with Crippen molar-refractivity contribution in [2.24, 2.45) is 0 Å². The summed E-state index contributed by atoms with van der Waals surface area (Å²) in [4.78, 5) is 28.2. The topological polar surface area (TPSA) is 89.1 Å². The number of carbonyl (C=O) groups excluding carboxylic acids is 2. The van der Waals surface area contributed by atoms with Crippen LogP contribution in [-0.4, -0.2) is 68.5 Å². The molecule has 0 atom stereocenters. The molecule has 1 fully saturated rings. The van der Waals surface area contributed by atoms with Crippen LogP contribution in [0.4, 0.5) is 9.80 Å². The maximum absolute atomic E-state index is 12.6. The summed E-state index contributed by atoms with van der Waals surface area (Å²) >= 11 is 1.38. The number of anilines is 1. The minimum Gasteiger partial charge on any atom is -0.462 e. The molecule has 2 N–H and O–H groups in total. The quantitative estimate of drug-likeness (QED) is 0.698. The minimum absolute atomic E-state index is 0.286. The normalized spacial score (nSPS) is 19.0. The first-order chi connectivity index (χ1) is 13.4. The fourth-order valence-corrected chi connectivity index (χ4v) is 4.47. The van der Waals surface area contributed by atoms with E-state index in [0.29, 0.717) is 30.1 Å². The fraction of sp³-hybridized carbons (Fsp3) is 0.684. The highest BCUT2D eigenvalue weighted by atomic mass is 32.1. The number of fused-ring (bicyclic) bond motifs is 1. The molecule has 8 nitrogen and oxygen atoms in total. The molecular weight excluding hydrogens is 382 g/mol. The van der Waals surface area contributed by atoms with E-state index in [9.17, 15) is 9.59 Å². The van der Waals surface area contributed by atoms with Gasteiger partial charge in [-0.1, -0.05) is 0 Å². The van der Waals surface area contributed by atoms with Crippen molar-refractivity contribution in [2.45, 2.75) is 39.4 Å². The number of hydrogen-bond donors (Lipinski definition) is 2. The molecule has 2 amide bonds. The summed E-state index contributed by atoms with van der Waals surface area (Å²) in [5.74, 6) is -0.402.